The van der Waals surface area contributed by atoms with Crippen LogP contribution in [0.5, 0.6) is 5.75 Å². The molecule has 0 radical (unpaired) electrons. The van der Waals surface area contributed by atoms with Crippen LogP contribution in [-0.2, 0) is 11.8 Å². The number of carbonyl (C=O) groups is 1. The fourth-order valence-electron chi connectivity index (χ4n) is 3.25. The lowest BCUT2D eigenvalue weighted by molar-refractivity contribution is 0.0452. The van der Waals surface area contributed by atoms with Crippen molar-refractivity contribution in [3.63, 3.8) is 0 Å². The molecule has 29 heavy (non-hydrogen) atoms. The molecular formula is C23H21N3O3. The number of aromatic nitrogens is 3. The molecule has 146 valence electrons. The van der Waals surface area contributed by atoms with E-state index in [4.69, 9.17) is 14.5 Å². The summed E-state index contributed by atoms with van der Waals surface area (Å²) in [6.45, 7) is 2.29. The molecule has 0 aliphatic heterocycles. The summed E-state index contributed by atoms with van der Waals surface area (Å²) in [4.78, 5) is 17.6. The van der Waals surface area contributed by atoms with Gasteiger partial charge in [-0.15, -0.1) is 0 Å². The number of hydrogen-bond acceptors (Lipinski definition) is 5. The lowest BCUT2D eigenvalue weighted by Crippen LogP contribution is -2.13. The van der Waals surface area contributed by atoms with E-state index in [2.05, 4.69) is 5.10 Å². The molecule has 0 aliphatic rings. The van der Waals surface area contributed by atoms with Crippen LogP contribution in [0.2, 0.25) is 0 Å². The van der Waals surface area contributed by atoms with E-state index in [1.807, 2.05) is 74.6 Å². The molecule has 2 aromatic heterocycles. The maximum atomic E-state index is 12.9. The zero-order chi connectivity index (χ0) is 20.2. The molecule has 6 nitrogen and oxygen atoms in total. The standard InChI is InChI=1S/C23H21N3O3/c1-16-21-19(23(27)29-14-13-28-18-11-7-4-8-12-18)15-20(17-9-5-3-6-10-17)24-22(21)26(2)25-16/h3-12,15H,13-14H2,1-2H3. The normalized spacial score (nSPS) is 10.8. The molecular weight excluding hydrogens is 366 g/mol. The van der Waals surface area contributed by atoms with Gasteiger partial charge in [0.15, 0.2) is 5.65 Å². The van der Waals surface area contributed by atoms with Crippen molar-refractivity contribution in [2.24, 2.45) is 7.05 Å². The summed E-state index contributed by atoms with van der Waals surface area (Å²) in [5.41, 5.74) is 3.47. The first-order chi connectivity index (χ1) is 14.1. The molecule has 6 heteroatoms. The summed E-state index contributed by atoms with van der Waals surface area (Å²) in [6.07, 6.45) is 0. The topological polar surface area (TPSA) is 66.2 Å². The molecule has 0 saturated carbocycles. The second-order valence-electron chi connectivity index (χ2n) is 6.63. The van der Waals surface area contributed by atoms with Crippen molar-refractivity contribution < 1.29 is 14.3 Å². The lowest BCUT2D eigenvalue weighted by atomic mass is 10.1. The molecule has 0 amide bonds. The lowest BCUT2D eigenvalue weighted by Gasteiger charge is -2.10. The fraction of sp³-hybridized carbons (Fsp3) is 0.174. The Bertz CT molecular complexity index is 1140. The molecule has 0 N–H and O–H groups in total. The van der Waals surface area contributed by atoms with E-state index in [-0.39, 0.29) is 13.2 Å². The molecule has 2 aromatic carbocycles. The minimum atomic E-state index is -0.414. The molecule has 4 aromatic rings. The Morgan fingerprint density at radius 2 is 1.69 bits per heavy atom. The maximum Gasteiger partial charge on any atom is 0.339 e. The van der Waals surface area contributed by atoms with Gasteiger partial charge in [0.05, 0.1) is 22.3 Å². The third-order valence-corrected chi connectivity index (χ3v) is 4.59. The first-order valence-electron chi connectivity index (χ1n) is 9.38. The largest absolute Gasteiger partial charge is 0.490 e. The van der Waals surface area contributed by atoms with Crippen LogP contribution < -0.4 is 4.74 Å². The molecule has 4 rings (SSSR count). The maximum absolute atomic E-state index is 12.9. The van der Waals surface area contributed by atoms with E-state index < -0.39 is 5.97 Å². The summed E-state index contributed by atoms with van der Waals surface area (Å²) in [5.74, 6) is 0.326. The Morgan fingerprint density at radius 3 is 2.41 bits per heavy atom. The predicted molar refractivity (Wildman–Crippen MR) is 111 cm³/mol. The summed E-state index contributed by atoms with van der Waals surface area (Å²) in [6, 6.07) is 20.9. The number of pyridine rings is 1. The van der Waals surface area contributed by atoms with Gasteiger partial charge in [-0.1, -0.05) is 48.5 Å². The summed E-state index contributed by atoms with van der Waals surface area (Å²) < 4.78 is 12.8. The highest BCUT2D eigenvalue weighted by Crippen LogP contribution is 2.27. The van der Waals surface area contributed by atoms with Crippen molar-refractivity contribution in [2.45, 2.75) is 6.92 Å². The Labute approximate surface area is 168 Å². The molecule has 0 spiro atoms. The highest BCUT2D eigenvalue weighted by Gasteiger charge is 2.20. The number of nitrogens with zero attached hydrogens (tertiary/aromatic N) is 3. The van der Waals surface area contributed by atoms with Crippen LogP contribution in [-0.4, -0.2) is 33.9 Å². The SMILES string of the molecule is Cc1nn(C)c2nc(-c3ccccc3)cc(C(=O)OCCOc3ccccc3)c12. The Hall–Kier alpha value is -3.67. The molecule has 0 atom stereocenters. The number of aryl methyl sites for hydroxylation is 2. The monoisotopic (exact) mass is 387 g/mol. The van der Waals surface area contributed by atoms with Crippen LogP contribution in [0.15, 0.2) is 66.7 Å². The third-order valence-electron chi connectivity index (χ3n) is 4.59. The predicted octanol–water partition coefficient (Wildman–Crippen LogP) is 4.18. The van der Waals surface area contributed by atoms with Crippen molar-refractivity contribution in [1.82, 2.24) is 14.8 Å². The highest BCUT2D eigenvalue weighted by molar-refractivity contribution is 6.05. The summed E-state index contributed by atoms with van der Waals surface area (Å²) >= 11 is 0. The average molecular weight is 387 g/mol. The van der Waals surface area contributed by atoms with Gasteiger partial charge in [-0.25, -0.2) is 9.78 Å². The van der Waals surface area contributed by atoms with E-state index in [1.54, 1.807) is 10.7 Å². The van der Waals surface area contributed by atoms with E-state index in [1.165, 1.54) is 0 Å². The van der Waals surface area contributed by atoms with Crippen molar-refractivity contribution in [3.8, 4) is 17.0 Å². The fourth-order valence-corrected chi connectivity index (χ4v) is 3.25. The van der Waals surface area contributed by atoms with Crippen LogP contribution in [0.4, 0.5) is 0 Å². The van der Waals surface area contributed by atoms with Gasteiger partial charge < -0.3 is 9.47 Å². The Morgan fingerprint density at radius 1 is 1.00 bits per heavy atom. The number of hydrogen-bond donors (Lipinski definition) is 0. The number of fused-ring (bicyclic) bond motifs is 1. The van der Waals surface area contributed by atoms with Gasteiger partial charge in [-0.3, -0.25) is 4.68 Å². The Kier molecular flexibility index (Phi) is 5.24. The third kappa shape index (κ3) is 3.96. The first kappa shape index (κ1) is 18.7. The minimum absolute atomic E-state index is 0.150. The number of para-hydroxylation sites is 1. The van der Waals surface area contributed by atoms with E-state index in [0.29, 0.717) is 22.3 Å². The number of ether oxygens (including phenoxy) is 2. The van der Waals surface area contributed by atoms with Crippen molar-refractivity contribution in [3.05, 3.63) is 78.0 Å². The van der Waals surface area contributed by atoms with Gasteiger partial charge in [-0.05, 0) is 25.1 Å². The second-order valence-corrected chi connectivity index (χ2v) is 6.63. The molecule has 0 fully saturated rings. The molecule has 2 heterocycles. The van der Waals surface area contributed by atoms with E-state index in [0.717, 1.165) is 17.0 Å². The minimum Gasteiger partial charge on any atom is -0.490 e. The van der Waals surface area contributed by atoms with Crippen molar-refractivity contribution in [1.29, 1.82) is 0 Å². The van der Waals surface area contributed by atoms with Gasteiger partial charge in [0.25, 0.3) is 0 Å². The van der Waals surface area contributed by atoms with Gasteiger partial charge >= 0.3 is 5.97 Å². The van der Waals surface area contributed by atoms with Gasteiger partial charge in [-0.2, -0.15) is 5.10 Å². The van der Waals surface area contributed by atoms with Crippen LogP contribution in [0, 0.1) is 6.92 Å². The molecule has 0 saturated heterocycles. The van der Waals surface area contributed by atoms with Crippen LogP contribution in [0.1, 0.15) is 16.1 Å². The van der Waals surface area contributed by atoms with Crippen LogP contribution in [0.25, 0.3) is 22.3 Å². The first-order valence-corrected chi connectivity index (χ1v) is 9.38. The zero-order valence-corrected chi connectivity index (χ0v) is 16.3. The number of rotatable bonds is 6. The van der Waals surface area contributed by atoms with Gasteiger partial charge in [0.2, 0.25) is 0 Å². The van der Waals surface area contributed by atoms with Crippen molar-refractivity contribution in [2.75, 3.05) is 13.2 Å². The van der Waals surface area contributed by atoms with Crippen LogP contribution in [0.3, 0.4) is 0 Å². The number of benzene rings is 2. The number of carbonyl (C=O) groups excluding carboxylic acids is 1. The van der Waals surface area contributed by atoms with E-state index in [9.17, 15) is 4.79 Å². The quantitative estimate of drug-likeness (QED) is 0.367. The van der Waals surface area contributed by atoms with Crippen LogP contribution >= 0.6 is 0 Å². The smallest absolute Gasteiger partial charge is 0.339 e. The number of esters is 1. The van der Waals surface area contributed by atoms with Gasteiger partial charge in [0, 0.05) is 12.6 Å². The zero-order valence-electron chi connectivity index (χ0n) is 16.3. The summed E-state index contributed by atoms with van der Waals surface area (Å²) in [7, 11) is 1.82. The Balaban J connectivity index is 1.59. The van der Waals surface area contributed by atoms with Crippen molar-refractivity contribution >= 4 is 17.0 Å². The summed E-state index contributed by atoms with van der Waals surface area (Å²) in [5, 5.41) is 5.14. The second kappa shape index (κ2) is 8.14. The molecule has 0 unspecified atom stereocenters. The highest BCUT2D eigenvalue weighted by atomic mass is 16.6. The molecule has 0 aliphatic carbocycles. The average Bonchev–Trinajstić information content (AvgIpc) is 3.05. The van der Waals surface area contributed by atoms with Gasteiger partial charge in [0.1, 0.15) is 19.0 Å². The molecule has 0 bridgehead atoms. The van der Waals surface area contributed by atoms with E-state index >= 15 is 0 Å².